The van der Waals surface area contributed by atoms with Crippen molar-refractivity contribution in [3.8, 4) is 0 Å². The minimum atomic E-state index is -0.556. The first kappa shape index (κ1) is 13.6. The van der Waals surface area contributed by atoms with Crippen LogP contribution in [0.5, 0.6) is 0 Å². The highest BCUT2D eigenvalue weighted by molar-refractivity contribution is 6.35. The molecular weight excluding hydrogens is 291 g/mol. The third-order valence-electron chi connectivity index (χ3n) is 2.53. The van der Waals surface area contributed by atoms with E-state index in [1.165, 1.54) is 16.8 Å². The molecule has 1 aromatic carbocycles. The van der Waals surface area contributed by atoms with Crippen LogP contribution in [0.3, 0.4) is 0 Å². The van der Waals surface area contributed by atoms with Gasteiger partial charge in [0.15, 0.2) is 0 Å². The van der Waals surface area contributed by atoms with Gasteiger partial charge in [-0.25, -0.2) is 0 Å². The molecule has 1 aromatic heterocycles. The number of halogens is 2. The van der Waals surface area contributed by atoms with Gasteiger partial charge in [0.1, 0.15) is 0 Å². The van der Waals surface area contributed by atoms with Gasteiger partial charge in [-0.15, -0.1) is 0 Å². The van der Waals surface area contributed by atoms with E-state index in [1.54, 1.807) is 18.2 Å². The van der Waals surface area contributed by atoms with Gasteiger partial charge in [0.25, 0.3) is 11.2 Å². The number of nitrogens with zero attached hydrogens (tertiary/aromatic N) is 2. The van der Waals surface area contributed by atoms with Crippen LogP contribution in [0.4, 0.5) is 5.69 Å². The fourth-order valence-corrected chi connectivity index (χ4v) is 2.05. The summed E-state index contributed by atoms with van der Waals surface area (Å²) in [5.74, 6) is 0. The second kappa shape index (κ2) is 5.42. The van der Waals surface area contributed by atoms with Crippen molar-refractivity contribution in [3.05, 3.63) is 72.6 Å². The van der Waals surface area contributed by atoms with E-state index in [-0.39, 0.29) is 17.8 Å². The van der Waals surface area contributed by atoms with Crippen molar-refractivity contribution in [2.24, 2.45) is 0 Å². The van der Waals surface area contributed by atoms with Crippen molar-refractivity contribution in [3.63, 3.8) is 0 Å². The van der Waals surface area contributed by atoms with Crippen LogP contribution in [0.1, 0.15) is 5.56 Å². The molecule has 0 saturated heterocycles. The maximum Gasteiger partial charge on any atom is 0.285 e. The number of pyridine rings is 1. The highest BCUT2D eigenvalue weighted by atomic mass is 35.5. The van der Waals surface area contributed by atoms with Crippen molar-refractivity contribution < 1.29 is 4.92 Å². The normalized spacial score (nSPS) is 10.4. The Labute approximate surface area is 118 Å². The van der Waals surface area contributed by atoms with Gasteiger partial charge in [-0.1, -0.05) is 29.3 Å². The molecule has 0 radical (unpaired) electrons. The van der Waals surface area contributed by atoms with E-state index in [0.29, 0.717) is 15.6 Å². The lowest BCUT2D eigenvalue weighted by atomic mass is 10.2. The van der Waals surface area contributed by atoms with Gasteiger partial charge in [0, 0.05) is 22.2 Å². The average Bonchev–Trinajstić information content (AvgIpc) is 2.34. The van der Waals surface area contributed by atoms with E-state index >= 15 is 0 Å². The predicted molar refractivity (Wildman–Crippen MR) is 72.9 cm³/mol. The number of benzene rings is 1. The van der Waals surface area contributed by atoms with Crippen molar-refractivity contribution >= 4 is 28.9 Å². The Hall–Kier alpha value is -1.85. The molecule has 0 bridgehead atoms. The van der Waals surface area contributed by atoms with E-state index in [9.17, 15) is 14.9 Å². The maximum absolute atomic E-state index is 11.6. The molecule has 0 aliphatic carbocycles. The highest BCUT2D eigenvalue weighted by Gasteiger charge is 2.09. The van der Waals surface area contributed by atoms with Gasteiger partial charge < -0.3 is 4.57 Å². The van der Waals surface area contributed by atoms with Gasteiger partial charge in [-0.05, 0) is 17.7 Å². The number of rotatable bonds is 3. The average molecular weight is 299 g/mol. The van der Waals surface area contributed by atoms with Crippen LogP contribution >= 0.6 is 23.2 Å². The summed E-state index contributed by atoms with van der Waals surface area (Å²) < 4.78 is 1.23. The Morgan fingerprint density at radius 1 is 1.21 bits per heavy atom. The zero-order valence-corrected chi connectivity index (χ0v) is 11.1. The molecule has 98 valence electrons. The SMILES string of the molecule is O=c1ccc([N+](=O)[O-])cn1Cc1ccc(Cl)cc1Cl. The molecule has 0 aliphatic rings. The molecule has 0 amide bonds. The van der Waals surface area contributed by atoms with Crippen LogP contribution in [0.15, 0.2) is 41.3 Å². The van der Waals surface area contributed by atoms with Gasteiger partial charge >= 0.3 is 0 Å². The Balaban J connectivity index is 2.40. The van der Waals surface area contributed by atoms with Crippen LogP contribution < -0.4 is 5.56 Å². The van der Waals surface area contributed by atoms with E-state index in [1.807, 2.05) is 0 Å². The van der Waals surface area contributed by atoms with Crippen LogP contribution in [0, 0.1) is 10.1 Å². The first-order valence-electron chi connectivity index (χ1n) is 5.26. The van der Waals surface area contributed by atoms with Crippen molar-refractivity contribution in [2.45, 2.75) is 6.54 Å². The Morgan fingerprint density at radius 3 is 2.58 bits per heavy atom. The molecular formula is C12H8Cl2N2O3. The molecule has 1 heterocycles. The summed E-state index contributed by atoms with van der Waals surface area (Å²) in [6, 6.07) is 7.20. The Morgan fingerprint density at radius 2 is 1.95 bits per heavy atom. The molecule has 0 aliphatic heterocycles. The second-order valence-electron chi connectivity index (χ2n) is 3.85. The fourth-order valence-electron chi connectivity index (χ4n) is 1.58. The topological polar surface area (TPSA) is 65.1 Å². The van der Waals surface area contributed by atoms with E-state index in [0.717, 1.165) is 6.07 Å². The van der Waals surface area contributed by atoms with Crippen LogP contribution in [0.25, 0.3) is 0 Å². The lowest BCUT2D eigenvalue weighted by Gasteiger charge is -2.07. The summed E-state index contributed by atoms with van der Waals surface area (Å²) in [5.41, 5.74) is 0.176. The van der Waals surface area contributed by atoms with Gasteiger partial charge in [-0.3, -0.25) is 14.9 Å². The zero-order valence-electron chi connectivity index (χ0n) is 9.55. The third-order valence-corrected chi connectivity index (χ3v) is 3.12. The molecule has 0 N–H and O–H groups in total. The molecule has 0 spiro atoms. The summed E-state index contributed by atoms with van der Waals surface area (Å²) in [6.45, 7) is 0.149. The minimum absolute atomic E-state index is 0.148. The molecule has 0 atom stereocenters. The number of hydrogen-bond acceptors (Lipinski definition) is 3. The summed E-state index contributed by atoms with van der Waals surface area (Å²) in [5, 5.41) is 11.6. The molecule has 7 heteroatoms. The Kier molecular flexibility index (Phi) is 3.87. The molecule has 0 fully saturated rings. The van der Waals surface area contributed by atoms with Crippen LogP contribution in [-0.2, 0) is 6.54 Å². The predicted octanol–water partition coefficient (Wildman–Crippen LogP) is 3.11. The van der Waals surface area contributed by atoms with Crippen LogP contribution in [0.2, 0.25) is 10.0 Å². The standard InChI is InChI=1S/C12H8Cl2N2O3/c13-9-2-1-8(11(14)5-9)6-15-7-10(16(18)19)3-4-12(15)17/h1-5,7H,6H2. The lowest BCUT2D eigenvalue weighted by Crippen LogP contribution is -2.19. The first-order chi connectivity index (χ1) is 8.97. The Bertz CT molecular complexity index is 698. The summed E-state index contributed by atoms with van der Waals surface area (Å²) in [4.78, 5) is 21.8. The molecule has 19 heavy (non-hydrogen) atoms. The first-order valence-corrected chi connectivity index (χ1v) is 6.02. The minimum Gasteiger partial charge on any atom is -0.304 e. The van der Waals surface area contributed by atoms with Crippen molar-refractivity contribution in [1.29, 1.82) is 0 Å². The monoisotopic (exact) mass is 298 g/mol. The van der Waals surface area contributed by atoms with Crippen molar-refractivity contribution in [1.82, 2.24) is 4.57 Å². The lowest BCUT2D eigenvalue weighted by molar-refractivity contribution is -0.385. The van der Waals surface area contributed by atoms with Gasteiger partial charge in [0.05, 0.1) is 17.7 Å². The smallest absolute Gasteiger partial charge is 0.285 e. The zero-order chi connectivity index (χ0) is 14.0. The summed E-state index contributed by atoms with van der Waals surface area (Å²) >= 11 is 11.8. The molecule has 2 rings (SSSR count). The molecule has 0 saturated carbocycles. The number of aromatic nitrogens is 1. The number of hydrogen-bond donors (Lipinski definition) is 0. The quantitative estimate of drug-likeness (QED) is 0.646. The van der Waals surface area contributed by atoms with Gasteiger partial charge in [0.2, 0.25) is 0 Å². The number of nitro groups is 1. The largest absolute Gasteiger partial charge is 0.304 e. The van der Waals surface area contributed by atoms with Crippen molar-refractivity contribution in [2.75, 3.05) is 0 Å². The van der Waals surface area contributed by atoms with E-state index in [2.05, 4.69) is 0 Å². The molecule has 0 unspecified atom stereocenters. The maximum atomic E-state index is 11.6. The van der Waals surface area contributed by atoms with E-state index in [4.69, 9.17) is 23.2 Å². The fraction of sp³-hybridized carbons (Fsp3) is 0.0833. The molecule has 2 aromatic rings. The third kappa shape index (κ3) is 3.13. The second-order valence-corrected chi connectivity index (χ2v) is 4.69. The summed E-state index contributed by atoms with van der Waals surface area (Å²) in [6.07, 6.45) is 1.19. The summed E-state index contributed by atoms with van der Waals surface area (Å²) in [7, 11) is 0. The molecule has 5 nitrogen and oxygen atoms in total. The highest BCUT2D eigenvalue weighted by Crippen LogP contribution is 2.21. The van der Waals surface area contributed by atoms with E-state index < -0.39 is 4.92 Å². The van der Waals surface area contributed by atoms with Crippen LogP contribution in [-0.4, -0.2) is 9.49 Å². The van der Waals surface area contributed by atoms with Gasteiger partial charge in [-0.2, -0.15) is 0 Å².